The van der Waals surface area contributed by atoms with Gasteiger partial charge in [-0.25, -0.2) is 4.98 Å². The Labute approximate surface area is 141 Å². The summed E-state index contributed by atoms with van der Waals surface area (Å²) >= 11 is 1.60. The molecule has 4 aromatic rings. The van der Waals surface area contributed by atoms with Crippen LogP contribution in [0.2, 0.25) is 0 Å². The van der Waals surface area contributed by atoms with E-state index in [9.17, 15) is 4.79 Å². The molecule has 0 saturated carbocycles. The third-order valence-corrected chi connectivity index (χ3v) is 4.67. The molecule has 24 heavy (non-hydrogen) atoms. The lowest BCUT2D eigenvalue weighted by atomic mass is 10.2. The van der Waals surface area contributed by atoms with E-state index >= 15 is 0 Å². The molecule has 0 saturated heterocycles. The van der Waals surface area contributed by atoms with Crippen LogP contribution in [0.15, 0.2) is 47.8 Å². The highest BCUT2D eigenvalue weighted by Gasteiger charge is 2.17. The van der Waals surface area contributed by atoms with Gasteiger partial charge in [0.05, 0.1) is 27.6 Å². The Hall–Kier alpha value is -2.93. The van der Waals surface area contributed by atoms with Crippen molar-refractivity contribution in [2.45, 2.75) is 13.0 Å². The fraction of sp³-hybridized carbons (Fsp3) is 0.118. The van der Waals surface area contributed by atoms with Gasteiger partial charge < -0.3 is 10.3 Å². The number of aromatic amines is 2. The summed E-state index contributed by atoms with van der Waals surface area (Å²) in [6.45, 7) is 1.89. The van der Waals surface area contributed by atoms with Crippen molar-refractivity contribution < 1.29 is 4.79 Å². The van der Waals surface area contributed by atoms with E-state index in [2.05, 4.69) is 25.5 Å². The van der Waals surface area contributed by atoms with Gasteiger partial charge in [-0.15, -0.1) is 11.3 Å². The van der Waals surface area contributed by atoms with Gasteiger partial charge >= 0.3 is 0 Å². The monoisotopic (exact) mass is 337 g/mol. The molecule has 0 fully saturated rings. The first-order valence-electron chi connectivity index (χ1n) is 7.55. The number of nitrogens with one attached hydrogen (secondary N) is 3. The Bertz CT molecular complexity index is 952. The van der Waals surface area contributed by atoms with E-state index in [1.807, 2.05) is 48.7 Å². The van der Waals surface area contributed by atoms with E-state index < -0.39 is 0 Å². The molecule has 3 N–H and O–H groups in total. The Kier molecular flexibility index (Phi) is 3.62. The zero-order chi connectivity index (χ0) is 16.5. The number of rotatable bonds is 4. The maximum absolute atomic E-state index is 12.4. The summed E-state index contributed by atoms with van der Waals surface area (Å²) < 4.78 is 0. The fourth-order valence-electron chi connectivity index (χ4n) is 2.51. The molecule has 1 atom stereocenters. The molecular formula is C17H15N5OS. The number of thiophene rings is 1. The number of aromatic nitrogens is 4. The molecule has 0 spiro atoms. The Morgan fingerprint density at radius 3 is 2.92 bits per heavy atom. The van der Waals surface area contributed by atoms with Crippen LogP contribution in [0.1, 0.15) is 29.3 Å². The van der Waals surface area contributed by atoms with Gasteiger partial charge in [0.15, 0.2) is 5.69 Å². The van der Waals surface area contributed by atoms with Crippen LogP contribution in [0.25, 0.3) is 21.6 Å². The molecule has 0 radical (unpaired) electrons. The van der Waals surface area contributed by atoms with Crippen molar-refractivity contribution in [1.82, 2.24) is 25.5 Å². The van der Waals surface area contributed by atoms with Crippen molar-refractivity contribution in [2.75, 3.05) is 0 Å². The van der Waals surface area contributed by atoms with Crippen LogP contribution in [0.3, 0.4) is 0 Å². The van der Waals surface area contributed by atoms with E-state index in [4.69, 9.17) is 0 Å². The van der Waals surface area contributed by atoms with Crippen molar-refractivity contribution in [3.8, 4) is 10.6 Å². The normalized spacial score (nSPS) is 12.4. The van der Waals surface area contributed by atoms with E-state index in [0.717, 1.165) is 27.4 Å². The number of fused-ring (bicyclic) bond motifs is 1. The van der Waals surface area contributed by atoms with Crippen molar-refractivity contribution in [3.05, 3.63) is 59.4 Å². The highest BCUT2D eigenvalue weighted by atomic mass is 32.1. The third-order valence-electron chi connectivity index (χ3n) is 3.76. The first-order chi connectivity index (χ1) is 11.7. The fourth-order valence-corrected chi connectivity index (χ4v) is 3.21. The Balaban J connectivity index is 1.51. The van der Waals surface area contributed by atoms with Crippen LogP contribution >= 0.6 is 11.3 Å². The second-order valence-electron chi connectivity index (χ2n) is 5.48. The zero-order valence-electron chi connectivity index (χ0n) is 12.9. The minimum atomic E-state index is -0.244. The highest BCUT2D eigenvalue weighted by Crippen LogP contribution is 2.23. The lowest BCUT2D eigenvalue weighted by Crippen LogP contribution is -2.27. The largest absolute Gasteiger partial charge is 0.341 e. The third kappa shape index (κ3) is 2.69. The summed E-state index contributed by atoms with van der Waals surface area (Å²) in [5, 5.41) is 11.9. The number of benzene rings is 1. The highest BCUT2D eigenvalue weighted by molar-refractivity contribution is 7.13. The first kappa shape index (κ1) is 14.6. The molecule has 6 nitrogen and oxygen atoms in total. The first-order valence-corrected chi connectivity index (χ1v) is 8.43. The predicted molar refractivity (Wildman–Crippen MR) is 93.9 cm³/mol. The van der Waals surface area contributed by atoms with Crippen molar-refractivity contribution in [3.63, 3.8) is 0 Å². The number of imidazole rings is 1. The second kappa shape index (κ2) is 5.93. The molecule has 3 aromatic heterocycles. The maximum atomic E-state index is 12.4. The molecule has 0 aliphatic rings. The van der Waals surface area contributed by atoms with Gasteiger partial charge in [0.1, 0.15) is 5.82 Å². The standard InChI is InChI=1S/C17H15N5OS/c1-10(16-19-11-5-2-3-6-12(11)20-16)18-17(23)14-9-13(21-22-14)15-7-4-8-24-15/h2-10H,1H3,(H,18,23)(H,19,20)(H,21,22). The quantitative estimate of drug-likeness (QED) is 0.532. The van der Waals surface area contributed by atoms with Crippen LogP contribution in [-0.2, 0) is 0 Å². The van der Waals surface area contributed by atoms with Crippen LogP contribution in [0.5, 0.6) is 0 Å². The lowest BCUT2D eigenvalue weighted by Gasteiger charge is -2.09. The summed E-state index contributed by atoms with van der Waals surface area (Å²) in [4.78, 5) is 21.2. The maximum Gasteiger partial charge on any atom is 0.272 e. The summed E-state index contributed by atoms with van der Waals surface area (Å²) in [7, 11) is 0. The molecule has 3 heterocycles. The molecule has 1 aromatic carbocycles. The number of carbonyl (C=O) groups is 1. The molecule has 120 valence electrons. The van der Waals surface area contributed by atoms with Gasteiger partial charge in [-0.2, -0.15) is 5.10 Å². The van der Waals surface area contributed by atoms with Crippen molar-refractivity contribution in [2.24, 2.45) is 0 Å². The number of para-hydroxylation sites is 2. The number of hydrogen-bond acceptors (Lipinski definition) is 4. The molecule has 1 unspecified atom stereocenters. The SMILES string of the molecule is CC(NC(=O)c1cc(-c2cccs2)[nH]n1)c1nc2ccccc2[nH]1. The molecule has 1 amide bonds. The van der Waals surface area contributed by atoms with Gasteiger partial charge in [-0.3, -0.25) is 9.89 Å². The lowest BCUT2D eigenvalue weighted by molar-refractivity contribution is 0.0933. The van der Waals surface area contributed by atoms with Gasteiger partial charge in [-0.1, -0.05) is 18.2 Å². The summed E-state index contributed by atoms with van der Waals surface area (Å²) in [5.74, 6) is 0.487. The molecule has 7 heteroatoms. The number of nitrogens with zero attached hydrogens (tertiary/aromatic N) is 2. The number of amides is 1. The minimum Gasteiger partial charge on any atom is -0.341 e. The summed E-state index contributed by atoms with van der Waals surface area (Å²) in [6, 6.07) is 13.2. The molecule has 4 rings (SSSR count). The summed E-state index contributed by atoms with van der Waals surface area (Å²) in [5.41, 5.74) is 3.04. The van der Waals surface area contributed by atoms with Crippen LogP contribution in [-0.4, -0.2) is 26.1 Å². The van der Waals surface area contributed by atoms with Gasteiger partial charge in [0, 0.05) is 0 Å². The second-order valence-corrected chi connectivity index (χ2v) is 6.43. The smallest absolute Gasteiger partial charge is 0.272 e. The van der Waals surface area contributed by atoms with Gasteiger partial charge in [-0.05, 0) is 36.6 Å². The molecular weight excluding hydrogens is 322 g/mol. The van der Waals surface area contributed by atoms with E-state index in [1.54, 1.807) is 17.4 Å². The average molecular weight is 337 g/mol. The summed E-state index contributed by atoms with van der Waals surface area (Å²) in [6.07, 6.45) is 0. The topological polar surface area (TPSA) is 86.5 Å². The number of hydrogen-bond donors (Lipinski definition) is 3. The molecule has 0 aliphatic carbocycles. The molecule has 0 bridgehead atoms. The van der Waals surface area contributed by atoms with Crippen molar-refractivity contribution in [1.29, 1.82) is 0 Å². The number of H-pyrrole nitrogens is 2. The minimum absolute atomic E-state index is 0.234. The Morgan fingerprint density at radius 2 is 2.12 bits per heavy atom. The number of carbonyl (C=O) groups excluding carboxylic acids is 1. The predicted octanol–water partition coefficient (Wildman–Crippen LogP) is 3.51. The molecule has 0 aliphatic heterocycles. The van der Waals surface area contributed by atoms with E-state index in [1.165, 1.54) is 0 Å². The van der Waals surface area contributed by atoms with E-state index in [-0.39, 0.29) is 11.9 Å². The average Bonchev–Trinajstić information content (AvgIpc) is 3.32. The van der Waals surface area contributed by atoms with Crippen LogP contribution < -0.4 is 5.32 Å². The van der Waals surface area contributed by atoms with Gasteiger partial charge in [0.2, 0.25) is 0 Å². The van der Waals surface area contributed by atoms with E-state index in [0.29, 0.717) is 5.69 Å². The van der Waals surface area contributed by atoms with Crippen LogP contribution in [0.4, 0.5) is 0 Å². The van der Waals surface area contributed by atoms with Crippen LogP contribution in [0, 0.1) is 0 Å². The zero-order valence-corrected chi connectivity index (χ0v) is 13.7. The Morgan fingerprint density at radius 1 is 1.25 bits per heavy atom. The van der Waals surface area contributed by atoms with Crippen molar-refractivity contribution >= 4 is 28.3 Å². The van der Waals surface area contributed by atoms with Gasteiger partial charge in [0.25, 0.3) is 5.91 Å².